The Hall–Kier alpha value is -1.59. The van der Waals surface area contributed by atoms with Crippen LogP contribution in [-0.4, -0.2) is 60.1 Å². The van der Waals surface area contributed by atoms with Gasteiger partial charge < -0.3 is 20.6 Å². The first-order valence-electron chi connectivity index (χ1n) is 7.49. The molecule has 1 aromatic rings. The molecule has 0 radical (unpaired) electrons. The molecule has 1 aliphatic rings. The maximum atomic E-state index is 12.8. The van der Waals surface area contributed by atoms with Crippen molar-refractivity contribution in [2.75, 3.05) is 39.0 Å². The Kier molecular flexibility index (Phi) is 5.20. The molecule has 0 spiro atoms. The maximum absolute atomic E-state index is 12.8. The molecule has 3 N–H and O–H groups in total. The average Bonchev–Trinajstić information content (AvgIpc) is 2.48. The Labute approximate surface area is 126 Å². The van der Waals surface area contributed by atoms with Crippen LogP contribution < -0.4 is 5.73 Å². The normalized spacial score (nSPS) is 16.9. The average molecular weight is 291 g/mol. The zero-order chi connectivity index (χ0) is 15.4. The van der Waals surface area contributed by atoms with Gasteiger partial charge in [0.05, 0.1) is 12.2 Å². The smallest absolute Gasteiger partial charge is 0.256 e. The van der Waals surface area contributed by atoms with Crippen molar-refractivity contribution in [1.82, 2.24) is 9.80 Å². The van der Waals surface area contributed by atoms with Gasteiger partial charge in [-0.15, -0.1) is 0 Å². The van der Waals surface area contributed by atoms with E-state index in [2.05, 4.69) is 11.9 Å². The standard InChI is InChI=1S/C16H25N3O2/c1-12-3-4-15(17)14(11-12)16(21)19(9-10-20)13-5-7-18(2)8-6-13/h3-4,11,13,20H,5-10,17H2,1-2H3. The van der Waals surface area contributed by atoms with E-state index in [0.29, 0.717) is 17.8 Å². The highest BCUT2D eigenvalue weighted by atomic mass is 16.3. The maximum Gasteiger partial charge on any atom is 0.256 e. The van der Waals surface area contributed by atoms with Gasteiger partial charge in [-0.05, 0) is 52.0 Å². The first-order valence-corrected chi connectivity index (χ1v) is 7.49. The molecule has 1 saturated heterocycles. The minimum absolute atomic E-state index is 0.0240. The van der Waals surface area contributed by atoms with Crippen LogP contribution in [0.15, 0.2) is 18.2 Å². The third kappa shape index (κ3) is 3.74. The molecular formula is C16H25N3O2. The molecule has 21 heavy (non-hydrogen) atoms. The van der Waals surface area contributed by atoms with Crippen LogP contribution in [0.5, 0.6) is 0 Å². The Bertz CT molecular complexity index is 496. The highest BCUT2D eigenvalue weighted by Gasteiger charge is 2.28. The van der Waals surface area contributed by atoms with E-state index >= 15 is 0 Å². The number of benzene rings is 1. The predicted octanol–water partition coefficient (Wildman–Crippen LogP) is 1.11. The number of nitrogens with zero attached hydrogens (tertiary/aromatic N) is 2. The number of carbonyl (C=O) groups is 1. The van der Waals surface area contributed by atoms with Crippen molar-refractivity contribution in [3.8, 4) is 0 Å². The lowest BCUT2D eigenvalue weighted by Gasteiger charge is -2.37. The summed E-state index contributed by atoms with van der Waals surface area (Å²) in [7, 11) is 2.09. The monoisotopic (exact) mass is 291 g/mol. The summed E-state index contributed by atoms with van der Waals surface area (Å²) in [4.78, 5) is 16.9. The predicted molar refractivity (Wildman–Crippen MR) is 84.2 cm³/mol. The van der Waals surface area contributed by atoms with Crippen LogP contribution in [0.1, 0.15) is 28.8 Å². The van der Waals surface area contributed by atoms with Gasteiger partial charge in [0.25, 0.3) is 5.91 Å². The number of aryl methyl sites for hydroxylation is 1. The molecule has 1 aromatic carbocycles. The lowest BCUT2D eigenvalue weighted by Crippen LogP contribution is -2.47. The number of anilines is 1. The third-order valence-electron chi connectivity index (χ3n) is 4.17. The first-order chi connectivity index (χ1) is 10.0. The molecule has 5 heteroatoms. The van der Waals surface area contributed by atoms with E-state index in [0.717, 1.165) is 31.5 Å². The second-order valence-electron chi connectivity index (χ2n) is 5.85. The van der Waals surface area contributed by atoms with E-state index in [-0.39, 0.29) is 18.6 Å². The topological polar surface area (TPSA) is 69.8 Å². The Morgan fingerprint density at radius 3 is 2.71 bits per heavy atom. The molecule has 2 rings (SSSR count). The van der Waals surface area contributed by atoms with Crippen molar-refractivity contribution < 1.29 is 9.90 Å². The van der Waals surface area contributed by atoms with Crippen molar-refractivity contribution in [2.45, 2.75) is 25.8 Å². The molecule has 0 aromatic heterocycles. The first kappa shape index (κ1) is 15.8. The van der Waals surface area contributed by atoms with Crippen molar-refractivity contribution in [3.05, 3.63) is 29.3 Å². The van der Waals surface area contributed by atoms with Gasteiger partial charge >= 0.3 is 0 Å². The second-order valence-corrected chi connectivity index (χ2v) is 5.85. The Balaban J connectivity index is 2.20. The molecule has 1 amide bonds. The second kappa shape index (κ2) is 6.91. The number of nitrogen functional groups attached to an aromatic ring is 1. The van der Waals surface area contributed by atoms with Crippen LogP contribution in [0.4, 0.5) is 5.69 Å². The summed E-state index contributed by atoms with van der Waals surface area (Å²) in [6.07, 6.45) is 1.88. The molecule has 0 saturated carbocycles. The number of piperidine rings is 1. The number of hydrogen-bond acceptors (Lipinski definition) is 4. The summed E-state index contributed by atoms with van der Waals surface area (Å²) in [5.41, 5.74) is 8.02. The summed E-state index contributed by atoms with van der Waals surface area (Å²) < 4.78 is 0. The van der Waals surface area contributed by atoms with Gasteiger partial charge in [-0.2, -0.15) is 0 Å². The quantitative estimate of drug-likeness (QED) is 0.815. The molecule has 5 nitrogen and oxygen atoms in total. The number of amides is 1. The highest BCUT2D eigenvalue weighted by Crippen LogP contribution is 2.21. The molecular weight excluding hydrogens is 266 g/mol. The number of likely N-dealkylation sites (tertiary alicyclic amines) is 1. The SMILES string of the molecule is Cc1ccc(N)c(C(=O)N(CCO)C2CCN(C)CC2)c1. The summed E-state index contributed by atoms with van der Waals surface area (Å²) >= 11 is 0. The Morgan fingerprint density at radius 1 is 1.43 bits per heavy atom. The molecule has 1 aliphatic heterocycles. The zero-order valence-electron chi connectivity index (χ0n) is 12.9. The molecule has 0 unspecified atom stereocenters. The van der Waals surface area contributed by atoms with E-state index in [9.17, 15) is 9.90 Å². The van der Waals surface area contributed by atoms with Crippen molar-refractivity contribution in [3.63, 3.8) is 0 Å². The zero-order valence-corrected chi connectivity index (χ0v) is 12.9. The summed E-state index contributed by atoms with van der Waals surface area (Å²) in [5, 5.41) is 9.30. The largest absolute Gasteiger partial charge is 0.398 e. The van der Waals surface area contributed by atoms with Crippen LogP contribution in [0.25, 0.3) is 0 Å². The summed E-state index contributed by atoms with van der Waals surface area (Å²) in [5.74, 6) is -0.0696. The molecule has 1 fully saturated rings. The van der Waals surface area contributed by atoms with Crippen molar-refractivity contribution >= 4 is 11.6 Å². The molecule has 116 valence electrons. The molecule has 0 atom stereocenters. The summed E-state index contributed by atoms with van der Waals surface area (Å²) in [6.45, 7) is 4.24. The van der Waals surface area contributed by atoms with Gasteiger partial charge in [0.2, 0.25) is 0 Å². The number of carbonyl (C=O) groups excluding carboxylic acids is 1. The van der Waals surface area contributed by atoms with Crippen LogP contribution in [0, 0.1) is 6.92 Å². The van der Waals surface area contributed by atoms with Crippen molar-refractivity contribution in [1.29, 1.82) is 0 Å². The molecule has 0 bridgehead atoms. The van der Waals surface area contributed by atoms with Gasteiger partial charge in [-0.25, -0.2) is 0 Å². The lowest BCUT2D eigenvalue weighted by molar-refractivity contribution is 0.0541. The van der Waals surface area contributed by atoms with E-state index in [1.165, 1.54) is 0 Å². The lowest BCUT2D eigenvalue weighted by atomic mass is 10.0. The van der Waals surface area contributed by atoms with E-state index in [1.54, 1.807) is 11.0 Å². The molecule has 0 aliphatic carbocycles. The van der Waals surface area contributed by atoms with Crippen LogP contribution in [-0.2, 0) is 0 Å². The van der Waals surface area contributed by atoms with Gasteiger partial charge in [0.1, 0.15) is 0 Å². The number of nitrogens with two attached hydrogens (primary N) is 1. The fraction of sp³-hybridized carbons (Fsp3) is 0.562. The van der Waals surface area contributed by atoms with Gasteiger partial charge in [0, 0.05) is 18.3 Å². The molecule has 1 heterocycles. The minimum Gasteiger partial charge on any atom is -0.398 e. The summed E-state index contributed by atoms with van der Waals surface area (Å²) in [6, 6.07) is 5.68. The van der Waals surface area contributed by atoms with Crippen LogP contribution in [0.3, 0.4) is 0 Å². The Morgan fingerprint density at radius 2 is 2.10 bits per heavy atom. The van der Waals surface area contributed by atoms with Gasteiger partial charge in [0.15, 0.2) is 0 Å². The van der Waals surface area contributed by atoms with Crippen LogP contribution >= 0.6 is 0 Å². The van der Waals surface area contributed by atoms with E-state index in [1.807, 2.05) is 19.1 Å². The number of hydrogen-bond donors (Lipinski definition) is 2. The third-order valence-corrected chi connectivity index (χ3v) is 4.17. The number of rotatable bonds is 4. The van der Waals surface area contributed by atoms with E-state index in [4.69, 9.17) is 5.73 Å². The van der Waals surface area contributed by atoms with Gasteiger partial charge in [-0.1, -0.05) is 11.6 Å². The fourth-order valence-electron chi connectivity index (χ4n) is 2.87. The number of aliphatic hydroxyl groups excluding tert-OH is 1. The van der Waals surface area contributed by atoms with Crippen molar-refractivity contribution in [2.24, 2.45) is 0 Å². The fourth-order valence-corrected chi connectivity index (χ4v) is 2.87. The van der Waals surface area contributed by atoms with E-state index < -0.39 is 0 Å². The highest BCUT2D eigenvalue weighted by molar-refractivity contribution is 5.99. The minimum atomic E-state index is -0.0696. The number of aliphatic hydroxyl groups is 1. The van der Waals surface area contributed by atoms with Crippen LogP contribution in [0.2, 0.25) is 0 Å². The van der Waals surface area contributed by atoms with Gasteiger partial charge in [-0.3, -0.25) is 4.79 Å².